The first-order valence-electron chi connectivity index (χ1n) is 14.0. The summed E-state index contributed by atoms with van der Waals surface area (Å²) in [6.45, 7) is 2.47. The fourth-order valence-corrected chi connectivity index (χ4v) is 5.69. The molecule has 1 aliphatic rings. The van der Waals surface area contributed by atoms with Crippen LogP contribution in [0.5, 0.6) is 0 Å². The molecule has 0 N–H and O–H groups in total. The van der Waals surface area contributed by atoms with E-state index < -0.39 is 17.9 Å². The summed E-state index contributed by atoms with van der Waals surface area (Å²) >= 11 is 7.59. The highest BCUT2D eigenvalue weighted by molar-refractivity contribution is 7.09. The third kappa shape index (κ3) is 8.87. The van der Waals surface area contributed by atoms with Crippen LogP contribution in [-0.2, 0) is 43.2 Å². The third-order valence-corrected chi connectivity index (χ3v) is 8.28. The van der Waals surface area contributed by atoms with Gasteiger partial charge in [0, 0.05) is 47.8 Å². The van der Waals surface area contributed by atoms with E-state index in [4.69, 9.17) is 16.3 Å². The Hall–Kier alpha value is -3.76. The fraction of sp³-hybridized carbons (Fsp3) is 0.387. The molecule has 1 saturated heterocycles. The molecule has 0 spiro atoms. The van der Waals surface area contributed by atoms with Crippen LogP contribution in [-0.4, -0.2) is 88.7 Å². The van der Waals surface area contributed by atoms with Crippen LogP contribution in [0.3, 0.4) is 0 Å². The van der Waals surface area contributed by atoms with Gasteiger partial charge in [0.2, 0.25) is 17.7 Å². The minimum absolute atomic E-state index is 0.0517. The van der Waals surface area contributed by atoms with Crippen LogP contribution in [0, 0.1) is 0 Å². The molecule has 1 unspecified atom stereocenters. The zero-order valence-corrected chi connectivity index (χ0v) is 25.2. The molecule has 1 atom stereocenters. The van der Waals surface area contributed by atoms with Gasteiger partial charge in [-0.1, -0.05) is 35.9 Å². The second kappa shape index (κ2) is 15.5. The topological polar surface area (TPSA) is 100 Å². The van der Waals surface area contributed by atoms with Crippen molar-refractivity contribution in [1.82, 2.24) is 19.7 Å². The van der Waals surface area contributed by atoms with Crippen molar-refractivity contribution in [2.45, 2.75) is 38.6 Å². The second-order valence-corrected chi connectivity index (χ2v) is 11.4. The van der Waals surface area contributed by atoms with Crippen LogP contribution in [0.2, 0.25) is 5.02 Å². The van der Waals surface area contributed by atoms with Crippen LogP contribution >= 0.6 is 22.9 Å². The smallest absolute Gasteiger partial charge is 0.325 e. The molecule has 11 heteroatoms. The number of esters is 1. The lowest BCUT2D eigenvalue weighted by Gasteiger charge is -2.40. The molecule has 222 valence electrons. The zero-order chi connectivity index (χ0) is 29.9. The summed E-state index contributed by atoms with van der Waals surface area (Å²) in [4.78, 5) is 63.2. The van der Waals surface area contributed by atoms with Crippen molar-refractivity contribution in [3.05, 3.63) is 87.3 Å². The van der Waals surface area contributed by atoms with E-state index in [0.29, 0.717) is 37.4 Å². The molecule has 42 heavy (non-hydrogen) atoms. The van der Waals surface area contributed by atoms with Crippen molar-refractivity contribution in [3.8, 4) is 0 Å². The molecule has 9 nitrogen and oxygen atoms in total. The number of rotatable bonds is 14. The van der Waals surface area contributed by atoms with Crippen LogP contribution in [0.4, 0.5) is 0 Å². The SMILES string of the molecule is CCOC(=O)CN(CCc1ccc(Cl)cc1)C(=O)CC1C(=O)N(CCc2ccccn2)CC(=O)N1CCc1cccs1. The molecule has 0 bridgehead atoms. The number of amides is 3. The summed E-state index contributed by atoms with van der Waals surface area (Å²) < 4.78 is 5.12. The van der Waals surface area contributed by atoms with E-state index in [-0.39, 0.29) is 44.5 Å². The van der Waals surface area contributed by atoms with Gasteiger partial charge in [-0.05, 0) is 61.0 Å². The Morgan fingerprint density at radius 2 is 1.86 bits per heavy atom. The average molecular weight is 611 g/mol. The summed E-state index contributed by atoms with van der Waals surface area (Å²) in [6, 6.07) is 15.8. The molecule has 1 fully saturated rings. The number of aromatic nitrogens is 1. The van der Waals surface area contributed by atoms with Gasteiger partial charge >= 0.3 is 5.97 Å². The Balaban J connectivity index is 1.51. The first kappa shape index (κ1) is 31.2. The molecule has 4 rings (SSSR count). The van der Waals surface area contributed by atoms with Crippen molar-refractivity contribution in [2.75, 3.05) is 39.3 Å². The number of pyridine rings is 1. The highest BCUT2D eigenvalue weighted by Gasteiger charge is 2.41. The molecule has 0 aliphatic carbocycles. The lowest BCUT2D eigenvalue weighted by molar-refractivity contribution is -0.158. The summed E-state index contributed by atoms with van der Waals surface area (Å²) in [5, 5.41) is 2.57. The maximum absolute atomic E-state index is 13.8. The molecular formula is C31H35ClN4O5S. The van der Waals surface area contributed by atoms with Crippen LogP contribution in [0.25, 0.3) is 0 Å². The Morgan fingerprint density at radius 3 is 2.55 bits per heavy atom. The highest BCUT2D eigenvalue weighted by atomic mass is 35.5. The van der Waals surface area contributed by atoms with Crippen molar-refractivity contribution in [3.63, 3.8) is 0 Å². The molecule has 0 saturated carbocycles. The summed E-state index contributed by atoms with van der Waals surface area (Å²) in [6.07, 6.45) is 3.02. The van der Waals surface area contributed by atoms with E-state index in [2.05, 4.69) is 4.98 Å². The van der Waals surface area contributed by atoms with Crippen molar-refractivity contribution in [2.24, 2.45) is 0 Å². The van der Waals surface area contributed by atoms with Gasteiger partial charge in [0.05, 0.1) is 19.6 Å². The standard InChI is InChI=1S/C31H35ClN4O5S/c1-2-41-30(39)22-34(16-12-23-8-10-24(32)11-9-23)28(37)20-27-31(40)35(17-13-25-6-3-4-15-33-25)21-29(38)36(27)18-14-26-7-5-19-42-26/h3-11,15,19,27H,2,12-14,16-18,20-22H2,1H3. The van der Waals surface area contributed by atoms with Crippen molar-refractivity contribution in [1.29, 1.82) is 0 Å². The number of ether oxygens (including phenoxy) is 1. The number of piperazine rings is 1. The minimum Gasteiger partial charge on any atom is -0.465 e. The van der Waals surface area contributed by atoms with E-state index in [1.165, 1.54) is 14.7 Å². The summed E-state index contributed by atoms with van der Waals surface area (Å²) in [5.41, 5.74) is 1.76. The molecule has 1 aromatic carbocycles. The van der Waals surface area contributed by atoms with E-state index in [0.717, 1.165) is 16.1 Å². The van der Waals surface area contributed by atoms with Crippen molar-refractivity contribution >= 4 is 46.6 Å². The second-order valence-electron chi connectivity index (χ2n) is 9.96. The Morgan fingerprint density at radius 1 is 1.05 bits per heavy atom. The van der Waals surface area contributed by atoms with Crippen LogP contribution < -0.4 is 0 Å². The number of nitrogens with zero attached hydrogens (tertiary/aromatic N) is 4. The van der Waals surface area contributed by atoms with Gasteiger partial charge in [0.25, 0.3) is 0 Å². The molecule has 0 radical (unpaired) electrons. The number of thiophene rings is 1. The third-order valence-electron chi connectivity index (χ3n) is 7.09. The maximum atomic E-state index is 13.8. The molecule has 3 heterocycles. The molecule has 1 aliphatic heterocycles. The summed E-state index contributed by atoms with van der Waals surface area (Å²) in [7, 11) is 0. The van der Waals surface area contributed by atoms with Crippen molar-refractivity contribution < 1.29 is 23.9 Å². The van der Waals surface area contributed by atoms with Crippen LogP contribution in [0.15, 0.2) is 66.2 Å². The molecule has 3 aromatic rings. The predicted molar refractivity (Wildman–Crippen MR) is 161 cm³/mol. The van der Waals surface area contributed by atoms with Gasteiger partial charge in [-0.3, -0.25) is 24.2 Å². The van der Waals surface area contributed by atoms with Crippen LogP contribution in [0.1, 0.15) is 29.5 Å². The fourth-order valence-electron chi connectivity index (χ4n) is 4.86. The average Bonchev–Trinajstić information content (AvgIpc) is 3.51. The predicted octanol–water partition coefficient (Wildman–Crippen LogP) is 3.65. The number of hydrogen-bond acceptors (Lipinski definition) is 7. The lowest BCUT2D eigenvalue weighted by atomic mass is 10.0. The quantitative estimate of drug-likeness (QED) is 0.258. The van der Waals surface area contributed by atoms with Gasteiger partial charge in [0.15, 0.2) is 0 Å². The Labute approximate surface area is 255 Å². The van der Waals surface area contributed by atoms with Gasteiger partial charge in [-0.15, -0.1) is 11.3 Å². The van der Waals surface area contributed by atoms with E-state index in [1.54, 1.807) is 36.6 Å². The van der Waals surface area contributed by atoms with Gasteiger partial charge in [-0.25, -0.2) is 0 Å². The number of hydrogen-bond donors (Lipinski definition) is 0. The highest BCUT2D eigenvalue weighted by Crippen LogP contribution is 2.20. The number of carbonyl (C=O) groups excluding carboxylic acids is 4. The van der Waals surface area contributed by atoms with Gasteiger partial charge in [-0.2, -0.15) is 0 Å². The van der Waals surface area contributed by atoms with Gasteiger partial charge < -0.3 is 19.4 Å². The Kier molecular flexibility index (Phi) is 11.5. The molecular weight excluding hydrogens is 576 g/mol. The molecule has 2 aromatic heterocycles. The number of benzene rings is 1. The monoisotopic (exact) mass is 610 g/mol. The number of halogens is 1. The molecule has 3 amide bonds. The normalized spacial score (nSPS) is 15.1. The Bertz CT molecular complexity index is 1340. The summed E-state index contributed by atoms with van der Waals surface area (Å²) in [5.74, 6) is -1.41. The van der Waals surface area contributed by atoms with E-state index in [1.807, 2.05) is 47.8 Å². The number of carbonyl (C=O) groups is 4. The maximum Gasteiger partial charge on any atom is 0.325 e. The minimum atomic E-state index is -0.970. The zero-order valence-electron chi connectivity index (χ0n) is 23.6. The first-order valence-corrected chi connectivity index (χ1v) is 15.3. The lowest BCUT2D eigenvalue weighted by Crippen LogP contribution is -2.61. The first-order chi connectivity index (χ1) is 20.3. The van der Waals surface area contributed by atoms with E-state index in [9.17, 15) is 19.2 Å². The van der Waals surface area contributed by atoms with Gasteiger partial charge in [0.1, 0.15) is 12.6 Å². The largest absolute Gasteiger partial charge is 0.465 e. The van der Waals surface area contributed by atoms with E-state index >= 15 is 0 Å².